The largest absolute Gasteiger partial charge is 0.383 e. The van der Waals surface area contributed by atoms with Gasteiger partial charge >= 0.3 is 0 Å². The van der Waals surface area contributed by atoms with E-state index in [9.17, 15) is 8.78 Å². The lowest BCUT2D eigenvalue weighted by Gasteiger charge is -2.17. The molecule has 0 aliphatic carbocycles. The van der Waals surface area contributed by atoms with Gasteiger partial charge in [0.2, 0.25) is 0 Å². The van der Waals surface area contributed by atoms with Crippen LogP contribution in [0, 0.1) is 11.6 Å². The Morgan fingerprint density at radius 2 is 2.11 bits per heavy atom. The fourth-order valence-electron chi connectivity index (χ4n) is 1.48. The average Bonchev–Trinajstić information content (AvgIpc) is 2.37. The highest BCUT2D eigenvalue weighted by Crippen LogP contribution is 2.21. The van der Waals surface area contributed by atoms with Crippen LogP contribution in [0.4, 0.5) is 8.78 Å². The molecule has 0 heterocycles. The maximum Gasteiger partial charge on any atom is 0.159 e. The van der Waals surface area contributed by atoms with Crippen molar-refractivity contribution >= 4 is 11.8 Å². The van der Waals surface area contributed by atoms with Gasteiger partial charge in [-0.3, -0.25) is 0 Å². The normalized spacial score (nSPS) is 12.7. The first-order valence-electron chi connectivity index (χ1n) is 5.97. The minimum Gasteiger partial charge on any atom is -0.383 e. The molecule has 18 heavy (non-hydrogen) atoms. The van der Waals surface area contributed by atoms with Gasteiger partial charge in [0.15, 0.2) is 11.6 Å². The van der Waals surface area contributed by atoms with E-state index in [0.717, 1.165) is 29.7 Å². The van der Waals surface area contributed by atoms with Gasteiger partial charge in [-0.2, -0.15) is 0 Å². The van der Waals surface area contributed by atoms with E-state index in [0.29, 0.717) is 6.61 Å². The smallest absolute Gasteiger partial charge is 0.159 e. The van der Waals surface area contributed by atoms with Gasteiger partial charge in [0.1, 0.15) is 0 Å². The predicted molar refractivity (Wildman–Crippen MR) is 71.0 cm³/mol. The summed E-state index contributed by atoms with van der Waals surface area (Å²) >= 11 is 1.49. The fraction of sp³-hybridized carbons (Fsp3) is 0.538. The fourth-order valence-corrected chi connectivity index (χ4v) is 2.44. The molecule has 1 aromatic rings. The molecule has 1 atom stereocenters. The van der Waals surface area contributed by atoms with Gasteiger partial charge in [-0.25, -0.2) is 8.78 Å². The predicted octanol–water partition coefficient (Wildman–Crippen LogP) is 3.07. The van der Waals surface area contributed by atoms with Crippen molar-refractivity contribution in [3.05, 3.63) is 29.8 Å². The molecule has 1 rings (SSSR count). The number of hydrogen-bond acceptors (Lipinski definition) is 3. The van der Waals surface area contributed by atoms with Crippen molar-refractivity contribution in [1.29, 1.82) is 0 Å². The number of nitrogens with one attached hydrogen (secondary N) is 1. The third kappa shape index (κ3) is 5.33. The van der Waals surface area contributed by atoms with Crippen LogP contribution < -0.4 is 5.32 Å². The summed E-state index contributed by atoms with van der Waals surface area (Å²) in [7, 11) is 1.66. The second-order valence-corrected chi connectivity index (χ2v) is 5.09. The Labute approximate surface area is 111 Å². The van der Waals surface area contributed by atoms with Crippen LogP contribution in [0.2, 0.25) is 0 Å². The summed E-state index contributed by atoms with van der Waals surface area (Å²) in [5.41, 5.74) is 0. The molecule has 0 saturated heterocycles. The van der Waals surface area contributed by atoms with Crippen LogP contribution in [0.15, 0.2) is 23.1 Å². The van der Waals surface area contributed by atoms with Gasteiger partial charge < -0.3 is 10.1 Å². The third-order valence-electron chi connectivity index (χ3n) is 2.39. The Morgan fingerprint density at radius 3 is 2.72 bits per heavy atom. The molecule has 0 radical (unpaired) electrons. The van der Waals surface area contributed by atoms with Crippen molar-refractivity contribution < 1.29 is 13.5 Å². The molecule has 1 aromatic carbocycles. The highest BCUT2D eigenvalue weighted by Gasteiger charge is 2.09. The standard InChI is InChI=1S/C13H19F2NOS/c1-3-6-16-10(8-17-2)9-18-11-4-5-12(14)13(15)7-11/h4-5,7,10,16H,3,6,8-9H2,1-2H3. The summed E-state index contributed by atoms with van der Waals surface area (Å²) in [6.45, 7) is 3.63. The van der Waals surface area contributed by atoms with Gasteiger partial charge in [-0.15, -0.1) is 11.8 Å². The molecule has 0 bridgehead atoms. The molecule has 0 spiro atoms. The zero-order valence-corrected chi connectivity index (χ0v) is 11.5. The lowest BCUT2D eigenvalue weighted by Crippen LogP contribution is -2.35. The number of halogens is 2. The third-order valence-corrected chi connectivity index (χ3v) is 3.55. The first-order valence-corrected chi connectivity index (χ1v) is 6.96. The van der Waals surface area contributed by atoms with Gasteiger partial charge in [-0.05, 0) is 31.2 Å². The summed E-state index contributed by atoms with van der Waals surface area (Å²) in [6, 6.07) is 4.19. The highest BCUT2D eigenvalue weighted by molar-refractivity contribution is 7.99. The lowest BCUT2D eigenvalue weighted by molar-refractivity contribution is 0.174. The Balaban J connectivity index is 2.47. The summed E-state index contributed by atoms with van der Waals surface area (Å²) in [5, 5.41) is 3.35. The number of hydrogen-bond donors (Lipinski definition) is 1. The van der Waals surface area contributed by atoms with E-state index in [2.05, 4.69) is 12.2 Å². The molecule has 5 heteroatoms. The van der Waals surface area contributed by atoms with Gasteiger partial charge in [0, 0.05) is 23.8 Å². The molecular weight excluding hydrogens is 256 g/mol. The van der Waals surface area contributed by atoms with E-state index in [4.69, 9.17) is 4.74 Å². The zero-order valence-electron chi connectivity index (χ0n) is 10.7. The van der Waals surface area contributed by atoms with E-state index in [1.165, 1.54) is 17.8 Å². The Kier molecular flexibility index (Phi) is 7.23. The number of thioether (sulfide) groups is 1. The molecule has 0 aliphatic heterocycles. The maximum atomic E-state index is 13.0. The van der Waals surface area contributed by atoms with Crippen LogP contribution in [-0.4, -0.2) is 32.1 Å². The summed E-state index contributed by atoms with van der Waals surface area (Å²) in [6.07, 6.45) is 1.05. The number of ether oxygens (including phenoxy) is 1. The Morgan fingerprint density at radius 1 is 1.33 bits per heavy atom. The van der Waals surface area contributed by atoms with Crippen molar-refractivity contribution in [2.75, 3.05) is 26.0 Å². The summed E-state index contributed by atoms with van der Waals surface area (Å²) in [5.74, 6) is -0.847. The lowest BCUT2D eigenvalue weighted by atomic mass is 10.3. The zero-order chi connectivity index (χ0) is 13.4. The molecule has 0 aromatic heterocycles. The Hall–Kier alpha value is -0.650. The maximum absolute atomic E-state index is 13.0. The van der Waals surface area contributed by atoms with Gasteiger partial charge in [0.25, 0.3) is 0 Å². The van der Waals surface area contributed by atoms with Crippen molar-refractivity contribution in [3.8, 4) is 0 Å². The van der Waals surface area contributed by atoms with Crippen molar-refractivity contribution in [2.45, 2.75) is 24.3 Å². The average molecular weight is 275 g/mol. The van der Waals surface area contributed by atoms with Crippen LogP contribution >= 0.6 is 11.8 Å². The second kappa shape index (κ2) is 8.45. The first kappa shape index (κ1) is 15.4. The van der Waals surface area contributed by atoms with Crippen LogP contribution in [-0.2, 0) is 4.74 Å². The van der Waals surface area contributed by atoms with Crippen molar-refractivity contribution in [2.24, 2.45) is 0 Å². The van der Waals surface area contributed by atoms with E-state index in [-0.39, 0.29) is 6.04 Å². The molecule has 0 amide bonds. The topological polar surface area (TPSA) is 21.3 Å². The number of benzene rings is 1. The van der Waals surface area contributed by atoms with E-state index >= 15 is 0 Å². The van der Waals surface area contributed by atoms with Crippen molar-refractivity contribution in [1.82, 2.24) is 5.32 Å². The SMILES string of the molecule is CCCNC(COC)CSc1ccc(F)c(F)c1. The molecule has 1 unspecified atom stereocenters. The summed E-state index contributed by atoms with van der Waals surface area (Å²) < 4.78 is 30.9. The molecule has 0 saturated carbocycles. The number of rotatable bonds is 8. The van der Waals surface area contributed by atoms with Gasteiger partial charge in [-0.1, -0.05) is 6.92 Å². The van der Waals surface area contributed by atoms with Crippen molar-refractivity contribution in [3.63, 3.8) is 0 Å². The molecule has 0 fully saturated rings. The number of methoxy groups -OCH3 is 1. The first-order chi connectivity index (χ1) is 8.67. The van der Waals surface area contributed by atoms with Crippen LogP contribution in [0.5, 0.6) is 0 Å². The second-order valence-electron chi connectivity index (χ2n) is 3.99. The van der Waals surface area contributed by atoms with E-state index in [1.807, 2.05) is 0 Å². The quantitative estimate of drug-likeness (QED) is 0.737. The van der Waals surface area contributed by atoms with Crippen LogP contribution in [0.25, 0.3) is 0 Å². The van der Waals surface area contributed by atoms with E-state index in [1.54, 1.807) is 13.2 Å². The molecule has 102 valence electrons. The molecule has 1 N–H and O–H groups in total. The minimum absolute atomic E-state index is 0.216. The highest BCUT2D eigenvalue weighted by atomic mass is 32.2. The molecule has 2 nitrogen and oxygen atoms in total. The van der Waals surface area contributed by atoms with Crippen LogP contribution in [0.3, 0.4) is 0 Å². The van der Waals surface area contributed by atoms with E-state index < -0.39 is 11.6 Å². The molecular formula is C13H19F2NOS. The van der Waals surface area contributed by atoms with Crippen LogP contribution in [0.1, 0.15) is 13.3 Å². The molecule has 0 aliphatic rings. The van der Waals surface area contributed by atoms with Gasteiger partial charge in [0.05, 0.1) is 6.61 Å². The monoisotopic (exact) mass is 275 g/mol. The Bertz CT molecular complexity index is 363. The summed E-state index contributed by atoms with van der Waals surface area (Å²) in [4.78, 5) is 0.730. The minimum atomic E-state index is -0.808.